The second kappa shape index (κ2) is 5.61. The van der Waals surface area contributed by atoms with Crippen LogP contribution in [-0.4, -0.2) is 38.3 Å². The van der Waals surface area contributed by atoms with Gasteiger partial charge in [0, 0.05) is 11.8 Å². The maximum atomic E-state index is 11.5. The molecule has 2 N–H and O–H groups in total. The fraction of sp³-hybridized carbons (Fsp3) is 0.200. The number of sulfone groups is 1. The third-order valence-corrected chi connectivity index (χ3v) is 3.00. The van der Waals surface area contributed by atoms with Crippen LogP contribution in [-0.2, 0) is 19.5 Å². The number of carbonyl (C=O) groups excluding carboxylic acids is 1. The number of aliphatic carboxylic acids is 1. The average Bonchev–Trinajstić information content (AvgIpc) is 2.27. The highest BCUT2D eigenvalue weighted by atomic mass is 32.2. The van der Waals surface area contributed by atoms with Crippen LogP contribution in [0, 0.1) is 0 Å². The molecule has 0 fully saturated rings. The largest absolute Gasteiger partial charge is 0.479 e. The van der Waals surface area contributed by atoms with Gasteiger partial charge in [0.05, 0.1) is 4.90 Å². The van der Waals surface area contributed by atoms with Gasteiger partial charge < -0.3 is 5.11 Å². The molecule has 1 amide bonds. The number of hydrogen-bond donors (Lipinski definition) is 2. The van der Waals surface area contributed by atoms with Crippen molar-refractivity contribution in [3.8, 4) is 0 Å². The van der Waals surface area contributed by atoms with Gasteiger partial charge in [0.2, 0.25) is 0 Å². The first-order valence-corrected chi connectivity index (χ1v) is 6.64. The van der Waals surface area contributed by atoms with E-state index in [1.807, 2.05) is 5.48 Å². The molecule has 0 aliphatic carbocycles. The zero-order chi connectivity index (χ0) is 13.8. The van der Waals surface area contributed by atoms with E-state index in [2.05, 4.69) is 4.84 Å². The summed E-state index contributed by atoms with van der Waals surface area (Å²) in [5.41, 5.74) is 1.95. The molecule has 1 aromatic rings. The van der Waals surface area contributed by atoms with Gasteiger partial charge in [0.25, 0.3) is 5.91 Å². The highest BCUT2D eigenvalue weighted by Gasteiger charge is 2.11. The van der Waals surface area contributed by atoms with Gasteiger partial charge in [-0.15, -0.1) is 0 Å². The number of carboxylic acids is 1. The van der Waals surface area contributed by atoms with E-state index < -0.39 is 28.3 Å². The normalized spacial score (nSPS) is 10.9. The van der Waals surface area contributed by atoms with Crippen molar-refractivity contribution in [1.82, 2.24) is 5.48 Å². The molecule has 8 heteroatoms. The summed E-state index contributed by atoms with van der Waals surface area (Å²) in [6.07, 6.45) is 1.02. The topological polar surface area (TPSA) is 110 Å². The van der Waals surface area contributed by atoms with Crippen LogP contribution >= 0.6 is 0 Å². The molecule has 7 nitrogen and oxygen atoms in total. The molecule has 0 aliphatic rings. The third-order valence-electron chi connectivity index (χ3n) is 1.88. The first-order chi connectivity index (χ1) is 8.30. The maximum Gasteiger partial charge on any atom is 0.332 e. The zero-order valence-electron chi connectivity index (χ0n) is 9.41. The smallest absolute Gasteiger partial charge is 0.332 e. The van der Waals surface area contributed by atoms with E-state index in [1.54, 1.807) is 0 Å². The summed E-state index contributed by atoms with van der Waals surface area (Å²) in [6, 6.07) is 5.32. The lowest BCUT2D eigenvalue weighted by Gasteiger charge is -2.05. The quantitative estimate of drug-likeness (QED) is 0.721. The molecule has 98 valence electrons. The lowest BCUT2D eigenvalue weighted by Crippen LogP contribution is -2.26. The van der Waals surface area contributed by atoms with Crippen LogP contribution in [0.3, 0.4) is 0 Å². The van der Waals surface area contributed by atoms with Crippen LogP contribution in [0.1, 0.15) is 10.4 Å². The predicted molar refractivity (Wildman–Crippen MR) is 60.6 cm³/mol. The number of rotatable bonds is 5. The molecule has 0 aliphatic heterocycles. The van der Waals surface area contributed by atoms with Gasteiger partial charge in [-0.1, -0.05) is 6.07 Å². The number of amides is 1. The van der Waals surface area contributed by atoms with Gasteiger partial charge in [-0.3, -0.25) is 9.63 Å². The van der Waals surface area contributed by atoms with Crippen molar-refractivity contribution in [2.45, 2.75) is 4.90 Å². The van der Waals surface area contributed by atoms with Crippen molar-refractivity contribution < 1.29 is 28.0 Å². The van der Waals surface area contributed by atoms with Crippen LogP contribution < -0.4 is 5.48 Å². The number of hydroxylamine groups is 1. The van der Waals surface area contributed by atoms with Crippen LogP contribution in [0.25, 0.3) is 0 Å². The van der Waals surface area contributed by atoms with Crippen molar-refractivity contribution >= 4 is 21.7 Å². The molecule has 0 saturated carbocycles. The highest BCUT2D eigenvalue weighted by Crippen LogP contribution is 2.11. The fourth-order valence-corrected chi connectivity index (χ4v) is 1.76. The molecule has 1 rings (SSSR count). The Balaban J connectivity index is 2.78. The summed E-state index contributed by atoms with van der Waals surface area (Å²) in [5, 5.41) is 8.29. The molecule has 0 spiro atoms. The van der Waals surface area contributed by atoms with E-state index in [1.165, 1.54) is 24.3 Å². The molecule has 0 bridgehead atoms. The molecule has 0 saturated heterocycles. The molecular formula is C10H11NO6S. The highest BCUT2D eigenvalue weighted by molar-refractivity contribution is 7.90. The minimum absolute atomic E-state index is 0.00613. The molecule has 18 heavy (non-hydrogen) atoms. The van der Waals surface area contributed by atoms with Crippen molar-refractivity contribution in [1.29, 1.82) is 0 Å². The van der Waals surface area contributed by atoms with E-state index in [4.69, 9.17) is 5.11 Å². The summed E-state index contributed by atoms with van der Waals surface area (Å²) < 4.78 is 22.5. The van der Waals surface area contributed by atoms with Gasteiger partial charge in [0.15, 0.2) is 16.4 Å². The first kappa shape index (κ1) is 14.1. The Morgan fingerprint density at radius 3 is 2.61 bits per heavy atom. The maximum absolute atomic E-state index is 11.5. The first-order valence-electron chi connectivity index (χ1n) is 4.75. The Bertz CT molecular complexity index is 565. The average molecular weight is 273 g/mol. The number of carbonyl (C=O) groups is 2. The second-order valence-corrected chi connectivity index (χ2v) is 5.43. The van der Waals surface area contributed by atoms with Crippen LogP contribution in [0.15, 0.2) is 29.2 Å². The summed E-state index contributed by atoms with van der Waals surface area (Å²) in [4.78, 5) is 26.0. The van der Waals surface area contributed by atoms with E-state index in [9.17, 15) is 18.0 Å². The Kier molecular flexibility index (Phi) is 4.40. The molecule has 0 unspecified atom stereocenters. The number of carboxylic acid groups (broad SMARTS) is 1. The third kappa shape index (κ3) is 4.15. The van der Waals surface area contributed by atoms with Crippen molar-refractivity contribution in [2.24, 2.45) is 0 Å². The number of benzene rings is 1. The van der Waals surface area contributed by atoms with Crippen LogP contribution in [0.2, 0.25) is 0 Å². The van der Waals surface area contributed by atoms with E-state index >= 15 is 0 Å². The van der Waals surface area contributed by atoms with Gasteiger partial charge >= 0.3 is 5.97 Å². The summed E-state index contributed by atoms with van der Waals surface area (Å²) in [6.45, 7) is -0.683. The van der Waals surface area contributed by atoms with Crippen LogP contribution in [0.5, 0.6) is 0 Å². The van der Waals surface area contributed by atoms with E-state index in [0.717, 1.165) is 6.26 Å². The second-order valence-electron chi connectivity index (χ2n) is 3.41. The zero-order valence-corrected chi connectivity index (χ0v) is 10.2. The number of nitrogens with one attached hydrogen (secondary N) is 1. The monoisotopic (exact) mass is 273 g/mol. The standard InChI is InChI=1S/C10H11NO6S/c1-18(15,16)8-4-2-3-7(5-8)10(14)11-17-6-9(12)13/h2-5H,6H2,1H3,(H,11,14)(H,12,13). The predicted octanol–water partition coefficient (Wildman–Crippen LogP) is -0.164. The van der Waals surface area contributed by atoms with Crippen LogP contribution in [0.4, 0.5) is 0 Å². The molecular weight excluding hydrogens is 262 g/mol. The van der Waals surface area contributed by atoms with Crippen molar-refractivity contribution in [3.63, 3.8) is 0 Å². The SMILES string of the molecule is CS(=O)(=O)c1cccc(C(=O)NOCC(=O)O)c1. The molecule has 0 radical (unpaired) electrons. The Morgan fingerprint density at radius 2 is 2.06 bits per heavy atom. The minimum atomic E-state index is -3.41. The number of hydrogen-bond acceptors (Lipinski definition) is 5. The van der Waals surface area contributed by atoms with Gasteiger partial charge in [-0.25, -0.2) is 18.7 Å². The molecule has 0 atom stereocenters. The molecule has 0 aromatic heterocycles. The van der Waals surface area contributed by atoms with Crippen molar-refractivity contribution in [2.75, 3.05) is 12.9 Å². The van der Waals surface area contributed by atoms with Gasteiger partial charge in [-0.2, -0.15) is 0 Å². The lowest BCUT2D eigenvalue weighted by atomic mass is 10.2. The van der Waals surface area contributed by atoms with E-state index in [0.29, 0.717) is 0 Å². The Labute approximate surface area is 103 Å². The lowest BCUT2D eigenvalue weighted by molar-refractivity contribution is -0.144. The van der Waals surface area contributed by atoms with E-state index in [-0.39, 0.29) is 10.5 Å². The van der Waals surface area contributed by atoms with Gasteiger partial charge in [-0.05, 0) is 18.2 Å². The van der Waals surface area contributed by atoms with Gasteiger partial charge in [0.1, 0.15) is 0 Å². The summed E-state index contributed by atoms with van der Waals surface area (Å²) in [7, 11) is -3.41. The summed E-state index contributed by atoms with van der Waals surface area (Å²) >= 11 is 0. The minimum Gasteiger partial charge on any atom is -0.479 e. The molecule has 1 aromatic carbocycles. The van der Waals surface area contributed by atoms with Crippen molar-refractivity contribution in [3.05, 3.63) is 29.8 Å². The Hall–Kier alpha value is -1.93. The fourth-order valence-electron chi connectivity index (χ4n) is 1.09. The summed E-state index contributed by atoms with van der Waals surface area (Å²) in [5.74, 6) is -1.96. The molecule has 0 heterocycles. The Morgan fingerprint density at radius 1 is 1.39 bits per heavy atom.